The van der Waals surface area contributed by atoms with Gasteiger partial charge in [0.15, 0.2) is 9.84 Å². The summed E-state index contributed by atoms with van der Waals surface area (Å²) in [4.78, 5) is 0. The first kappa shape index (κ1) is 24.7. The molecular weight excluding hydrogens is 352 g/mol. The molecule has 1 rings (SSSR count). The maximum absolute atomic E-state index is 14.1. The Morgan fingerprint density at radius 1 is 0.519 bits per heavy atom. The highest BCUT2D eigenvalue weighted by Gasteiger charge is 2.56. The van der Waals surface area contributed by atoms with Gasteiger partial charge in [-0.1, -0.05) is 117 Å². The van der Waals surface area contributed by atoms with Gasteiger partial charge in [-0.25, -0.2) is 8.42 Å². The highest BCUT2D eigenvalue weighted by molar-refractivity contribution is 7.94. The zero-order chi connectivity index (χ0) is 20.2. The number of hydrogen-bond acceptors (Lipinski definition) is 2. The molecule has 0 aromatic rings. The topological polar surface area (TPSA) is 34.1 Å². The van der Waals surface area contributed by atoms with Gasteiger partial charge in [0.1, 0.15) is 0 Å². The lowest BCUT2D eigenvalue weighted by Gasteiger charge is -2.36. The van der Waals surface area contributed by atoms with Crippen LogP contribution in [0.5, 0.6) is 0 Å². The summed E-state index contributed by atoms with van der Waals surface area (Å²) in [5.74, 6) is 0. The fraction of sp³-hybridized carbons (Fsp3) is 0.917. The summed E-state index contributed by atoms with van der Waals surface area (Å²) in [5.41, 5.74) is 0. The van der Waals surface area contributed by atoms with E-state index in [9.17, 15) is 8.42 Å². The minimum atomic E-state index is -3.18. The molecule has 0 aromatic carbocycles. The van der Waals surface area contributed by atoms with Crippen molar-refractivity contribution in [1.82, 2.24) is 0 Å². The van der Waals surface area contributed by atoms with E-state index in [1.807, 2.05) is 0 Å². The molecular formula is C24H46O2S. The smallest absolute Gasteiger partial charge is 0.168 e. The average molecular weight is 399 g/mol. The van der Waals surface area contributed by atoms with Crippen LogP contribution in [0.4, 0.5) is 0 Å². The molecule has 2 nitrogen and oxygen atoms in total. The van der Waals surface area contributed by atoms with Gasteiger partial charge >= 0.3 is 0 Å². The van der Waals surface area contributed by atoms with Crippen molar-refractivity contribution in [2.24, 2.45) is 0 Å². The van der Waals surface area contributed by atoms with Crippen LogP contribution >= 0.6 is 0 Å². The van der Waals surface area contributed by atoms with Crippen molar-refractivity contribution in [2.75, 3.05) is 0 Å². The van der Waals surface area contributed by atoms with E-state index in [0.717, 1.165) is 103 Å². The van der Waals surface area contributed by atoms with Gasteiger partial charge in [0.25, 0.3) is 0 Å². The van der Waals surface area contributed by atoms with Crippen LogP contribution in [0.3, 0.4) is 0 Å². The Balaban J connectivity index is 3.11. The quantitative estimate of drug-likeness (QED) is 0.196. The Morgan fingerprint density at radius 3 is 1.00 bits per heavy atom. The molecule has 0 N–H and O–H groups in total. The zero-order valence-corrected chi connectivity index (χ0v) is 19.5. The molecule has 0 atom stereocenters. The predicted molar refractivity (Wildman–Crippen MR) is 120 cm³/mol. The molecule has 0 bridgehead atoms. The second-order valence-electron chi connectivity index (χ2n) is 8.79. The van der Waals surface area contributed by atoms with Crippen LogP contribution in [0.1, 0.15) is 130 Å². The number of rotatable bonds is 16. The van der Waals surface area contributed by atoms with Crippen LogP contribution in [0, 0.1) is 0 Å². The van der Waals surface area contributed by atoms with E-state index in [2.05, 4.69) is 39.8 Å². The first-order valence-corrected chi connectivity index (χ1v) is 13.4. The Labute approximate surface area is 170 Å². The summed E-state index contributed by atoms with van der Waals surface area (Å²) < 4.78 is 26.9. The van der Waals surface area contributed by atoms with Crippen LogP contribution in [0.15, 0.2) is 12.2 Å². The van der Waals surface area contributed by atoms with Crippen molar-refractivity contribution in [3.8, 4) is 0 Å². The van der Waals surface area contributed by atoms with Crippen molar-refractivity contribution in [3.05, 3.63) is 12.2 Å². The fourth-order valence-corrected chi connectivity index (χ4v) is 7.66. The standard InChI is InChI=1S/C24H46O2S/c1-5-9-13-17-23(18-14-10-6-2)21-22-24(27(23,25)26,19-15-11-7-3)20-16-12-8-4/h21-22H,5-20H2,1-4H3. The van der Waals surface area contributed by atoms with E-state index in [-0.39, 0.29) is 0 Å². The van der Waals surface area contributed by atoms with Crippen molar-refractivity contribution in [1.29, 1.82) is 0 Å². The minimum absolute atomic E-state index is 0.588. The third-order valence-electron chi connectivity index (χ3n) is 6.58. The maximum Gasteiger partial charge on any atom is 0.168 e. The van der Waals surface area contributed by atoms with Crippen molar-refractivity contribution in [2.45, 2.75) is 140 Å². The van der Waals surface area contributed by atoms with Crippen LogP contribution < -0.4 is 0 Å². The van der Waals surface area contributed by atoms with Gasteiger partial charge in [0, 0.05) is 0 Å². The van der Waals surface area contributed by atoms with Gasteiger partial charge in [-0.3, -0.25) is 0 Å². The molecule has 1 aliphatic rings. The largest absolute Gasteiger partial charge is 0.227 e. The first-order chi connectivity index (χ1) is 12.9. The first-order valence-electron chi connectivity index (χ1n) is 11.9. The number of sulfone groups is 1. The Hall–Kier alpha value is -0.310. The van der Waals surface area contributed by atoms with Crippen LogP contribution in [0.25, 0.3) is 0 Å². The predicted octanol–water partition coefficient (Wildman–Crippen LogP) is 7.77. The van der Waals surface area contributed by atoms with Crippen molar-refractivity contribution < 1.29 is 8.42 Å². The Kier molecular flexibility index (Phi) is 11.3. The second-order valence-corrected chi connectivity index (χ2v) is 11.4. The van der Waals surface area contributed by atoms with E-state index < -0.39 is 19.3 Å². The molecule has 1 heterocycles. The highest BCUT2D eigenvalue weighted by Crippen LogP contribution is 2.49. The van der Waals surface area contributed by atoms with Gasteiger partial charge in [0.2, 0.25) is 0 Å². The van der Waals surface area contributed by atoms with Gasteiger partial charge in [-0.2, -0.15) is 0 Å². The summed E-state index contributed by atoms with van der Waals surface area (Å²) in [7, 11) is -3.18. The molecule has 3 heteroatoms. The van der Waals surface area contributed by atoms with Crippen LogP contribution in [-0.4, -0.2) is 17.9 Å². The van der Waals surface area contributed by atoms with E-state index in [4.69, 9.17) is 0 Å². The summed E-state index contributed by atoms with van der Waals surface area (Å²) in [5, 5.41) is 0. The van der Waals surface area contributed by atoms with E-state index in [1.165, 1.54) is 0 Å². The SMILES string of the molecule is CCCCCC1(CCCCC)C=CC(CCCCC)(CCCCC)S1(=O)=O. The summed E-state index contributed by atoms with van der Waals surface area (Å²) in [6.07, 6.45) is 20.9. The van der Waals surface area contributed by atoms with Crippen molar-refractivity contribution >= 4 is 9.84 Å². The molecule has 1 aliphatic heterocycles. The zero-order valence-electron chi connectivity index (χ0n) is 18.7. The van der Waals surface area contributed by atoms with E-state index >= 15 is 0 Å². The molecule has 0 saturated heterocycles. The fourth-order valence-electron chi connectivity index (χ4n) is 4.71. The molecule has 0 aromatic heterocycles. The summed E-state index contributed by atoms with van der Waals surface area (Å²) in [6, 6.07) is 0. The summed E-state index contributed by atoms with van der Waals surface area (Å²) >= 11 is 0. The lowest BCUT2D eigenvalue weighted by molar-refractivity contribution is 0.445. The molecule has 0 amide bonds. The van der Waals surface area contributed by atoms with E-state index in [1.54, 1.807) is 0 Å². The maximum atomic E-state index is 14.1. The lowest BCUT2D eigenvalue weighted by atomic mass is 9.90. The number of unbranched alkanes of at least 4 members (excludes halogenated alkanes) is 8. The molecule has 0 unspecified atom stereocenters. The van der Waals surface area contributed by atoms with E-state index in [0.29, 0.717) is 0 Å². The Bertz CT molecular complexity index is 458. The third-order valence-corrected chi connectivity index (χ3v) is 9.80. The molecule has 0 spiro atoms. The third kappa shape index (κ3) is 6.08. The summed E-state index contributed by atoms with van der Waals surface area (Å²) in [6.45, 7) is 8.79. The lowest BCUT2D eigenvalue weighted by Crippen LogP contribution is -2.45. The molecule has 0 fully saturated rings. The molecule has 0 aliphatic carbocycles. The highest BCUT2D eigenvalue weighted by atomic mass is 32.2. The van der Waals surface area contributed by atoms with Gasteiger partial charge in [0.05, 0.1) is 9.49 Å². The molecule has 0 saturated carbocycles. The number of hydrogen-bond donors (Lipinski definition) is 0. The van der Waals surface area contributed by atoms with Gasteiger partial charge in [-0.15, -0.1) is 0 Å². The van der Waals surface area contributed by atoms with Gasteiger partial charge in [-0.05, 0) is 25.7 Å². The Morgan fingerprint density at radius 2 is 0.778 bits per heavy atom. The average Bonchev–Trinajstić information content (AvgIpc) is 2.85. The normalized spacial score (nSPS) is 19.6. The second kappa shape index (κ2) is 12.3. The monoisotopic (exact) mass is 398 g/mol. The minimum Gasteiger partial charge on any atom is -0.227 e. The molecule has 160 valence electrons. The molecule has 0 radical (unpaired) electrons. The van der Waals surface area contributed by atoms with Crippen molar-refractivity contribution in [3.63, 3.8) is 0 Å². The molecule has 27 heavy (non-hydrogen) atoms. The van der Waals surface area contributed by atoms with Crippen LogP contribution in [0.2, 0.25) is 0 Å². The van der Waals surface area contributed by atoms with Crippen LogP contribution in [-0.2, 0) is 9.84 Å². The van der Waals surface area contributed by atoms with Gasteiger partial charge < -0.3 is 0 Å².